The lowest BCUT2D eigenvalue weighted by atomic mass is 9.87. The lowest BCUT2D eigenvalue weighted by molar-refractivity contribution is 0.139. The van der Waals surface area contributed by atoms with Crippen LogP contribution in [-0.2, 0) is 6.54 Å². The number of methoxy groups -OCH3 is 1. The Morgan fingerprint density at radius 2 is 2.00 bits per heavy atom. The molecule has 0 bridgehead atoms. The zero-order valence-electron chi connectivity index (χ0n) is 15.0. The van der Waals surface area contributed by atoms with Gasteiger partial charge in [-0.2, -0.15) is 0 Å². The van der Waals surface area contributed by atoms with Crippen molar-refractivity contribution >= 4 is 0 Å². The van der Waals surface area contributed by atoms with Crippen molar-refractivity contribution in [2.75, 3.05) is 20.2 Å². The standard InChI is InChI=1S/C20H27N3O2/c1-3-18-17-13-23(11-10-19(17)22-21-18)12-16-8-9-20(25-16)14-4-6-15(24-2)7-5-14/h4-9,17-19,21-22H,3,10-13H2,1-2H3. The summed E-state index contributed by atoms with van der Waals surface area (Å²) in [5.74, 6) is 3.51. The first kappa shape index (κ1) is 16.6. The lowest BCUT2D eigenvalue weighted by Gasteiger charge is -2.35. The van der Waals surface area contributed by atoms with Crippen LogP contribution >= 0.6 is 0 Å². The minimum atomic E-state index is 0.583. The summed E-state index contributed by atoms with van der Waals surface area (Å²) in [5, 5.41) is 0. The quantitative estimate of drug-likeness (QED) is 0.875. The molecule has 5 nitrogen and oxygen atoms in total. The van der Waals surface area contributed by atoms with E-state index in [1.54, 1.807) is 7.11 Å². The Bertz CT molecular complexity index is 691. The second-order valence-electron chi connectivity index (χ2n) is 7.09. The molecule has 3 heterocycles. The van der Waals surface area contributed by atoms with E-state index in [-0.39, 0.29) is 0 Å². The molecule has 0 radical (unpaired) electrons. The van der Waals surface area contributed by atoms with Crippen LogP contribution in [0.15, 0.2) is 40.8 Å². The predicted molar refractivity (Wildman–Crippen MR) is 98.2 cm³/mol. The molecule has 0 saturated carbocycles. The summed E-state index contributed by atoms with van der Waals surface area (Å²) in [4.78, 5) is 2.52. The van der Waals surface area contributed by atoms with Crippen LogP contribution in [0, 0.1) is 5.92 Å². The molecule has 5 heteroatoms. The van der Waals surface area contributed by atoms with Crippen molar-refractivity contribution in [2.45, 2.75) is 38.4 Å². The molecule has 134 valence electrons. The molecule has 0 spiro atoms. The van der Waals surface area contributed by atoms with Crippen LogP contribution in [0.2, 0.25) is 0 Å². The van der Waals surface area contributed by atoms with Gasteiger partial charge in [-0.3, -0.25) is 15.8 Å². The van der Waals surface area contributed by atoms with Crippen molar-refractivity contribution in [3.8, 4) is 17.1 Å². The molecule has 2 aliphatic heterocycles. The first-order valence-electron chi connectivity index (χ1n) is 9.23. The molecule has 2 saturated heterocycles. The third-order valence-corrected chi connectivity index (χ3v) is 5.57. The van der Waals surface area contributed by atoms with E-state index >= 15 is 0 Å². The molecule has 1 aromatic carbocycles. The summed E-state index contributed by atoms with van der Waals surface area (Å²) in [6, 6.07) is 13.4. The fourth-order valence-corrected chi connectivity index (χ4v) is 4.10. The zero-order valence-corrected chi connectivity index (χ0v) is 15.0. The smallest absolute Gasteiger partial charge is 0.134 e. The maximum atomic E-state index is 6.10. The Balaban J connectivity index is 1.41. The van der Waals surface area contributed by atoms with Crippen molar-refractivity contribution < 1.29 is 9.15 Å². The van der Waals surface area contributed by atoms with Crippen LogP contribution in [0.3, 0.4) is 0 Å². The molecular weight excluding hydrogens is 314 g/mol. The van der Waals surface area contributed by atoms with Gasteiger partial charge in [0.15, 0.2) is 0 Å². The second-order valence-corrected chi connectivity index (χ2v) is 7.09. The normalized spacial score (nSPS) is 26.6. The summed E-state index contributed by atoms with van der Waals surface area (Å²) < 4.78 is 11.3. The van der Waals surface area contributed by atoms with Crippen molar-refractivity contribution in [1.29, 1.82) is 0 Å². The minimum absolute atomic E-state index is 0.583. The molecular formula is C20H27N3O2. The molecule has 2 aliphatic rings. The molecule has 2 aromatic rings. The van der Waals surface area contributed by atoms with E-state index in [0.29, 0.717) is 18.0 Å². The molecule has 25 heavy (non-hydrogen) atoms. The highest BCUT2D eigenvalue weighted by molar-refractivity contribution is 5.58. The summed E-state index contributed by atoms with van der Waals surface area (Å²) in [7, 11) is 1.68. The van der Waals surface area contributed by atoms with Crippen molar-refractivity contribution in [1.82, 2.24) is 15.8 Å². The van der Waals surface area contributed by atoms with Gasteiger partial charge in [0.2, 0.25) is 0 Å². The molecule has 4 rings (SSSR count). The number of fused-ring (bicyclic) bond motifs is 1. The van der Waals surface area contributed by atoms with Crippen LogP contribution in [-0.4, -0.2) is 37.2 Å². The Labute approximate surface area is 149 Å². The number of rotatable bonds is 5. The van der Waals surface area contributed by atoms with Gasteiger partial charge >= 0.3 is 0 Å². The molecule has 2 fully saturated rings. The van der Waals surface area contributed by atoms with Crippen molar-refractivity contribution in [3.05, 3.63) is 42.2 Å². The summed E-state index contributed by atoms with van der Waals surface area (Å²) in [5.41, 5.74) is 8.01. The van der Waals surface area contributed by atoms with Crippen LogP contribution in [0.4, 0.5) is 0 Å². The third-order valence-electron chi connectivity index (χ3n) is 5.57. The number of benzene rings is 1. The number of ether oxygens (including phenoxy) is 1. The molecule has 2 N–H and O–H groups in total. The van der Waals surface area contributed by atoms with E-state index < -0.39 is 0 Å². The Kier molecular flexibility index (Phi) is 4.79. The van der Waals surface area contributed by atoms with Crippen LogP contribution in [0.5, 0.6) is 5.75 Å². The number of hydrogen-bond donors (Lipinski definition) is 2. The van der Waals surface area contributed by atoms with E-state index in [9.17, 15) is 0 Å². The monoisotopic (exact) mass is 341 g/mol. The molecule has 3 atom stereocenters. The Hall–Kier alpha value is -1.82. The summed E-state index contributed by atoms with van der Waals surface area (Å²) >= 11 is 0. The van der Waals surface area contributed by atoms with Gasteiger partial charge in [-0.1, -0.05) is 6.92 Å². The first-order valence-corrected chi connectivity index (χ1v) is 9.23. The van der Waals surface area contributed by atoms with Crippen LogP contribution < -0.4 is 15.6 Å². The van der Waals surface area contributed by atoms with Gasteiger partial charge in [0.1, 0.15) is 17.3 Å². The van der Waals surface area contributed by atoms with Gasteiger partial charge in [0.05, 0.1) is 13.7 Å². The highest BCUT2D eigenvalue weighted by Gasteiger charge is 2.38. The molecule has 3 unspecified atom stereocenters. The third kappa shape index (κ3) is 3.45. The highest BCUT2D eigenvalue weighted by Crippen LogP contribution is 2.28. The van der Waals surface area contributed by atoms with Crippen LogP contribution in [0.1, 0.15) is 25.5 Å². The van der Waals surface area contributed by atoms with E-state index in [0.717, 1.165) is 42.5 Å². The molecule has 1 aromatic heterocycles. The van der Waals surface area contributed by atoms with Gasteiger partial charge in [-0.05, 0) is 49.2 Å². The van der Waals surface area contributed by atoms with Gasteiger partial charge < -0.3 is 9.15 Å². The maximum absolute atomic E-state index is 6.10. The number of nitrogens with zero attached hydrogens (tertiary/aromatic N) is 1. The number of piperidine rings is 1. The topological polar surface area (TPSA) is 49.7 Å². The zero-order chi connectivity index (χ0) is 17.2. The number of hydrazine groups is 1. The van der Waals surface area contributed by atoms with Gasteiger partial charge in [0.25, 0.3) is 0 Å². The van der Waals surface area contributed by atoms with E-state index in [1.165, 1.54) is 12.8 Å². The fourth-order valence-electron chi connectivity index (χ4n) is 4.10. The van der Waals surface area contributed by atoms with Gasteiger partial charge in [-0.25, -0.2) is 0 Å². The van der Waals surface area contributed by atoms with Crippen molar-refractivity contribution in [3.63, 3.8) is 0 Å². The van der Waals surface area contributed by atoms with Gasteiger partial charge in [-0.15, -0.1) is 0 Å². The largest absolute Gasteiger partial charge is 0.497 e. The average molecular weight is 341 g/mol. The van der Waals surface area contributed by atoms with Crippen LogP contribution in [0.25, 0.3) is 11.3 Å². The summed E-state index contributed by atoms with van der Waals surface area (Å²) in [6.07, 6.45) is 2.37. The number of likely N-dealkylation sites (tertiary alicyclic amines) is 1. The van der Waals surface area contributed by atoms with Crippen molar-refractivity contribution in [2.24, 2.45) is 5.92 Å². The van der Waals surface area contributed by atoms with E-state index in [2.05, 4.69) is 34.8 Å². The fraction of sp³-hybridized carbons (Fsp3) is 0.500. The van der Waals surface area contributed by atoms with Gasteiger partial charge in [0, 0.05) is 36.7 Å². The molecule has 0 aliphatic carbocycles. The lowest BCUT2D eigenvalue weighted by Crippen LogP contribution is -2.45. The predicted octanol–water partition coefficient (Wildman–Crippen LogP) is 3.03. The average Bonchev–Trinajstić information content (AvgIpc) is 3.28. The summed E-state index contributed by atoms with van der Waals surface area (Å²) in [6.45, 7) is 5.39. The first-order chi connectivity index (χ1) is 12.3. The maximum Gasteiger partial charge on any atom is 0.134 e. The number of furan rings is 1. The minimum Gasteiger partial charge on any atom is -0.497 e. The Morgan fingerprint density at radius 1 is 1.16 bits per heavy atom. The Morgan fingerprint density at radius 3 is 2.76 bits per heavy atom. The van der Waals surface area contributed by atoms with E-state index in [4.69, 9.17) is 9.15 Å². The number of hydrogen-bond acceptors (Lipinski definition) is 5. The second kappa shape index (κ2) is 7.20. The highest BCUT2D eigenvalue weighted by atomic mass is 16.5. The van der Waals surface area contributed by atoms with E-state index in [1.807, 2.05) is 24.3 Å². The number of nitrogens with one attached hydrogen (secondary N) is 2. The SMILES string of the molecule is CCC1NNC2CCN(Cc3ccc(-c4ccc(OC)cc4)o3)CC12. The molecule has 0 amide bonds.